The molecule has 1 fully saturated rings. The van der Waals surface area contributed by atoms with Gasteiger partial charge in [0, 0.05) is 0 Å². The molecule has 0 heterocycles. The van der Waals surface area contributed by atoms with E-state index < -0.39 is 11.6 Å². The van der Waals surface area contributed by atoms with Crippen LogP contribution in [-0.2, 0) is 16.1 Å². The van der Waals surface area contributed by atoms with Gasteiger partial charge in [-0.3, -0.25) is 4.79 Å². The molecule has 5 nitrogen and oxygen atoms in total. The molecule has 1 aromatic carbocycles. The van der Waals surface area contributed by atoms with Gasteiger partial charge in [-0.2, -0.15) is 0 Å². The first-order valence-electron chi connectivity index (χ1n) is 7.18. The summed E-state index contributed by atoms with van der Waals surface area (Å²) in [6.07, 6.45) is 1.98. The van der Waals surface area contributed by atoms with Crippen molar-refractivity contribution in [3.8, 4) is 5.75 Å². The number of carboxylic acids is 1. The Morgan fingerprint density at radius 1 is 1.29 bits per heavy atom. The lowest BCUT2D eigenvalue weighted by molar-refractivity contribution is -0.146. The van der Waals surface area contributed by atoms with Crippen LogP contribution in [0, 0.1) is 5.92 Å². The smallest absolute Gasteiger partial charge is 0.306 e. The van der Waals surface area contributed by atoms with Crippen molar-refractivity contribution in [2.24, 2.45) is 5.92 Å². The fraction of sp³-hybridized carbons (Fsp3) is 0.562. The second kappa shape index (κ2) is 6.91. The predicted octanol–water partition coefficient (Wildman–Crippen LogP) is 2.22. The quantitative estimate of drug-likeness (QED) is 0.841. The first kappa shape index (κ1) is 15.8. The van der Waals surface area contributed by atoms with Gasteiger partial charge in [-0.25, -0.2) is 0 Å². The average molecular weight is 294 g/mol. The van der Waals surface area contributed by atoms with Crippen molar-refractivity contribution in [3.05, 3.63) is 29.8 Å². The minimum absolute atomic E-state index is 0.241. The van der Waals surface area contributed by atoms with Crippen LogP contribution in [0.1, 0.15) is 31.2 Å². The Balaban J connectivity index is 1.76. The molecule has 0 bridgehead atoms. The number of carboxylic acid groups (broad SMARTS) is 1. The van der Waals surface area contributed by atoms with Gasteiger partial charge >= 0.3 is 5.97 Å². The first-order valence-corrected chi connectivity index (χ1v) is 7.18. The number of aliphatic hydroxyl groups is 1. The molecule has 0 spiro atoms. The van der Waals surface area contributed by atoms with Crippen LogP contribution in [0.3, 0.4) is 0 Å². The third-order valence-corrected chi connectivity index (χ3v) is 4.06. The molecule has 21 heavy (non-hydrogen) atoms. The molecule has 0 radical (unpaired) electrons. The van der Waals surface area contributed by atoms with E-state index in [-0.39, 0.29) is 12.5 Å². The van der Waals surface area contributed by atoms with Gasteiger partial charge in [0.15, 0.2) is 0 Å². The van der Waals surface area contributed by atoms with Crippen LogP contribution >= 0.6 is 0 Å². The van der Waals surface area contributed by atoms with Crippen molar-refractivity contribution < 1.29 is 24.5 Å². The van der Waals surface area contributed by atoms with E-state index in [9.17, 15) is 9.90 Å². The summed E-state index contributed by atoms with van der Waals surface area (Å²) < 4.78 is 10.7. The second-order valence-electron chi connectivity index (χ2n) is 5.68. The van der Waals surface area contributed by atoms with E-state index in [0.29, 0.717) is 32.3 Å². The zero-order valence-electron chi connectivity index (χ0n) is 12.2. The summed E-state index contributed by atoms with van der Waals surface area (Å²) in [4.78, 5) is 10.9. The molecule has 0 aromatic heterocycles. The lowest BCUT2D eigenvalue weighted by Gasteiger charge is -2.34. The van der Waals surface area contributed by atoms with Crippen molar-refractivity contribution in [2.75, 3.05) is 13.7 Å². The molecular weight excluding hydrogens is 272 g/mol. The summed E-state index contributed by atoms with van der Waals surface area (Å²) in [7, 11) is 1.62. The Labute approximate surface area is 124 Å². The minimum atomic E-state index is -0.890. The number of carbonyl (C=O) groups is 1. The molecular formula is C16H22O5. The molecule has 1 aromatic rings. The van der Waals surface area contributed by atoms with E-state index in [2.05, 4.69) is 0 Å². The van der Waals surface area contributed by atoms with Gasteiger partial charge in [0.05, 0.1) is 31.8 Å². The van der Waals surface area contributed by atoms with Gasteiger partial charge in [0.2, 0.25) is 0 Å². The van der Waals surface area contributed by atoms with Crippen molar-refractivity contribution >= 4 is 5.97 Å². The normalized spacial score (nSPS) is 25.5. The van der Waals surface area contributed by atoms with Gasteiger partial charge < -0.3 is 19.7 Å². The molecule has 2 rings (SSSR count). The molecule has 0 saturated heterocycles. The van der Waals surface area contributed by atoms with Crippen molar-refractivity contribution in [2.45, 2.75) is 37.9 Å². The largest absolute Gasteiger partial charge is 0.497 e. The summed E-state index contributed by atoms with van der Waals surface area (Å²) in [6.45, 7) is 0.667. The van der Waals surface area contributed by atoms with Crippen LogP contribution in [0.2, 0.25) is 0 Å². The monoisotopic (exact) mass is 294 g/mol. The van der Waals surface area contributed by atoms with E-state index in [1.165, 1.54) is 0 Å². The van der Waals surface area contributed by atoms with Crippen LogP contribution in [0.15, 0.2) is 24.3 Å². The standard InChI is InChI=1S/C16H22O5/c1-20-14-4-2-12(3-5-14)10-21-11-16(19)8-6-13(7-9-16)15(17)18/h2-5,13,19H,6-11H2,1H3,(H,17,18). The third kappa shape index (κ3) is 4.44. The average Bonchev–Trinajstić information content (AvgIpc) is 2.48. The Morgan fingerprint density at radius 3 is 2.43 bits per heavy atom. The van der Waals surface area contributed by atoms with Gasteiger partial charge in [0.1, 0.15) is 5.75 Å². The Bertz CT molecular complexity index is 460. The van der Waals surface area contributed by atoms with Crippen LogP contribution in [0.4, 0.5) is 0 Å². The Morgan fingerprint density at radius 2 is 1.90 bits per heavy atom. The predicted molar refractivity (Wildman–Crippen MR) is 77.2 cm³/mol. The van der Waals surface area contributed by atoms with Crippen LogP contribution in [-0.4, -0.2) is 35.5 Å². The molecule has 0 aliphatic heterocycles. The van der Waals surface area contributed by atoms with E-state index in [1.54, 1.807) is 7.11 Å². The molecule has 2 N–H and O–H groups in total. The van der Waals surface area contributed by atoms with Crippen molar-refractivity contribution in [1.82, 2.24) is 0 Å². The van der Waals surface area contributed by atoms with Gasteiger partial charge in [0.25, 0.3) is 0 Å². The molecule has 1 aliphatic rings. The van der Waals surface area contributed by atoms with Gasteiger partial charge in [-0.15, -0.1) is 0 Å². The maximum absolute atomic E-state index is 10.9. The number of benzene rings is 1. The minimum Gasteiger partial charge on any atom is -0.497 e. The molecule has 0 unspecified atom stereocenters. The SMILES string of the molecule is COc1ccc(COCC2(O)CCC(C(=O)O)CC2)cc1. The summed E-state index contributed by atoms with van der Waals surface area (Å²) >= 11 is 0. The number of rotatable bonds is 6. The fourth-order valence-electron chi connectivity index (χ4n) is 2.63. The highest BCUT2D eigenvalue weighted by Crippen LogP contribution is 2.32. The van der Waals surface area contributed by atoms with Crippen molar-refractivity contribution in [1.29, 1.82) is 0 Å². The van der Waals surface area contributed by atoms with E-state index in [4.69, 9.17) is 14.6 Å². The Hall–Kier alpha value is -1.59. The van der Waals surface area contributed by atoms with E-state index >= 15 is 0 Å². The highest BCUT2D eigenvalue weighted by Gasteiger charge is 2.35. The maximum atomic E-state index is 10.9. The van der Waals surface area contributed by atoms with Crippen LogP contribution < -0.4 is 4.74 Å². The van der Waals surface area contributed by atoms with E-state index in [1.807, 2.05) is 24.3 Å². The van der Waals surface area contributed by atoms with Crippen LogP contribution in [0.5, 0.6) is 5.75 Å². The second-order valence-corrected chi connectivity index (χ2v) is 5.68. The van der Waals surface area contributed by atoms with E-state index in [0.717, 1.165) is 11.3 Å². The number of aliphatic carboxylic acids is 1. The molecule has 1 saturated carbocycles. The van der Waals surface area contributed by atoms with Crippen LogP contribution in [0.25, 0.3) is 0 Å². The lowest BCUT2D eigenvalue weighted by Crippen LogP contribution is -2.40. The topological polar surface area (TPSA) is 76.0 Å². The molecule has 0 amide bonds. The number of methoxy groups -OCH3 is 1. The summed E-state index contributed by atoms with van der Waals surface area (Å²) in [5, 5.41) is 19.3. The number of hydrogen-bond donors (Lipinski definition) is 2. The third-order valence-electron chi connectivity index (χ3n) is 4.06. The molecule has 116 valence electrons. The molecule has 5 heteroatoms. The fourth-order valence-corrected chi connectivity index (χ4v) is 2.63. The lowest BCUT2D eigenvalue weighted by atomic mass is 9.79. The summed E-state index contributed by atoms with van der Waals surface area (Å²) in [6, 6.07) is 7.57. The molecule has 0 atom stereocenters. The highest BCUT2D eigenvalue weighted by atomic mass is 16.5. The van der Waals surface area contributed by atoms with Crippen molar-refractivity contribution in [3.63, 3.8) is 0 Å². The zero-order valence-corrected chi connectivity index (χ0v) is 12.2. The first-order chi connectivity index (χ1) is 10.0. The number of hydrogen-bond acceptors (Lipinski definition) is 4. The number of ether oxygens (including phenoxy) is 2. The highest BCUT2D eigenvalue weighted by molar-refractivity contribution is 5.70. The van der Waals surface area contributed by atoms with Gasteiger partial charge in [-0.05, 0) is 43.4 Å². The molecule has 1 aliphatic carbocycles. The summed E-state index contributed by atoms with van der Waals surface area (Å²) in [5.74, 6) is -0.299. The maximum Gasteiger partial charge on any atom is 0.306 e. The Kier molecular flexibility index (Phi) is 5.20. The van der Waals surface area contributed by atoms with Gasteiger partial charge in [-0.1, -0.05) is 12.1 Å². The zero-order chi connectivity index (χ0) is 15.3. The summed E-state index contributed by atoms with van der Waals surface area (Å²) in [5.41, 5.74) is 0.122.